The summed E-state index contributed by atoms with van der Waals surface area (Å²) in [6.07, 6.45) is 4.51. The van der Waals surface area contributed by atoms with E-state index in [4.69, 9.17) is 4.74 Å². The number of unbranched alkanes of at least 4 members (excludes halogenated alkanes) is 2. The number of anilines is 1. The first-order valence-electron chi connectivity index (χ1n) is 7.31. The van der Waals surface area contributed by atoms with Crippen molar-refractivity contribution in [2.75, 3.05) is 11.9 Å². The number of hydrogen-bond donors (Lipinski definition) is 1. The Labute approximate surface area is 128 Å². The van der Waals surface area contributed by atoms with Crippen LogP contribution in [0.3, 0.4) is 0 Å². The zero-order chi connectivity index (χ0) is 15.3. The lowest BCUT2D eigenvalue weighted by molar-refractivity contribution is -0.156. The maximum atomic E-state index is 12.3. The van der Waals surface area contributed by atoms with E-state index in [0.29, 0.717) is 11.6 Å². The van der Waals surface area contributed by atoms with Crippen molar-refractivity contribution in [3.63, 3.8) is 0 Å². The fourth-order valence-corrected chi connectivity index (χ4v) is 2.97. The van der Waals surface area contributed by atoms with E-state index < -0.39 is 5.60 Å². The summed E-state index contributed by atoms with van der Waals surface area (Å²) < 4.78 is 5.36. The monoisotopic (exact) mass is 311 g/mol. The first-order valence-corrected chi connectivity index (χ1v) is 8.19. The molecular formula is C14H21N3O3S. The Morgan fingerprint density at radius 2 is 2.38 bits per heavy atom. The topological polar surface area (TPSA) is 81.2 Å². The Bertz CT molecular complexity index is 492. The standard InChI is InChI=1S/C14H21N3O3S/c1-3-4-5-6-10-7-14(2,20-12(10)19)11(18)8-15-13-17-16-9-21-13/h9-10H,3-8H2,1-2H3,(H,15,17)/t10-,14-/m1/s1. The third kappa shape index (κ3) is 4.00. The highest BCUT2D eigenvalue weighted by Crippen LogP contribution is 2.34. The second-order valence-electron chi connectivity index (χ2n) is 5.57. The predicted octanol–water partition coefficient (Wildman–Crippen LogP) is 2.42. The molecule has 1 N–H and O–H groups in total. The summed E-state index contributed by atoms with van der Waals surface area (Å²) in [7, 11) is 0. The lowest BCUT2D eigenvalue weighted by Crippen LogP contribution is -2.39. The van der Waals surface area contributed by atoms with Gasteiger partial charge < -0.3 is 10.1 Å². The van der Waals surface area contributed by atoms with Crippen molar-refractivity contribution in [1.29, 1.82) is 0 Å². The van der Waals surface area contributed by atoms with Gasteiger partial charge in [-0.25, -0.2) is 0 Å². The molecule has 0 aliphatic carbocycles. The lowest BCUT2D eigenvalue weighted by Gasteiger charge is -2.20. The normalized spacial score (nSPS) is 24.9. The second-order valence-corrected chi connectivity index (χ2v) is 6.40. The lowest BCUT2D eigenvalue weighted by atomic mass is 9.89. The van der Waals surface area contributed by atoms with Gasteiger partial charge in [0.15, 0.2) is 11.4 Å². The molecule has 1 saturated heterocycles. The Hall–Kier alpha value is -1.50. The van der Waals surface area contributed by atoms with Gasteiger partial charge in [0.1, 0.15) is 5.51 Å². The predicted molar refractivity (Wildman–Crippen MR) is 80.2 cm³/mol. The smallest absolute Gasteiger partial charge is 0.310 e. The van der Waals surface area contributed by atoms with Gasteiger partial charge in [0.05, 0.1) is 12.5 Å². The molecule has 116 valence electrons. The van der Waals surface area contributed by atoms with Crippen LogP contribution in [0.5, 0.6) is 0 Å². The van der Waals surface area contributed by atoms with Crippen LogP contribution in [0.15, 0.2) is 5.51 Å². The Balaban J connectivity index is 1.86. The zero-order valence-corrected chi connectivity index (χ0v) is 13.2. The summed E-state index contributed by atoms with van der Waals surface area (Å²) in [5, 5.41) is 11.0. The molecule has 2 heterocycles. The molecule has 1 aliphatic rings. The highest BCUT2D eigenvalue weighted by molar-refractivity contribution is 7.13. The van der Waals surface area contributed by atoms with Gasteiger partial charge in [0, 0.05) is 6.42 Å². The minimum absolute atomic E-state index is 0.0979. The molecule has 0 aromatic carbocycles. The van der Waals surface area contributed by atoms with Gasteiger partial charge in [0.2, 0.25) is 5.13 Å². The number of carbonyl (C=O) groups excluding carboxylic acids is 2. The van der Waals surface area contributed by atoms with Gasteiger partial charge in [-0.05, 0) is 13.3 Å². The largest absolute Gasteiger partial charge is 0.451 e. The number of hydrogen-bond acceptors (Lipinski definition) is 7. The van der Waals surface area contributed by atoms with Crippen molar-refractivity contribution in [2.24, 2.45) is 5.92 Å². The van der Waals surface area contributed by atoms with E-state index in [2.05, 4.69) is 22.4 Å². The number of carbonyl (C=O) groups is 2. The van der Waals surface area contributed by atoms with Gasteiger partial charge in [-0.1, -0.05) is 37.5 Å². The Morgan fingerprint density at radius 1 is 1.57 bits per heavy atom. The van der Waals surface area contributed by atoms with Crippen molar-refractivity contribution < 1.29 is 14.3 Å². The van der Waals surface area contributed by atoms with E-state index in [1.165, 1.54) is 11.3 Å². The first-order chi connectivity index (χ1) is 10.0. The summed E-state index contributed by atoms with van der Waals surface area (Å²) >= 11 is 1.33. The first kappa shape index (κ1) is 15.9. The van der Waals surface area contributed by atoms with Crippen molar-refractivity contribution in [2.45, 2.75) is 51.6 Å². The van der Waals surface area contributed by atoms with E-state index in [9.17, 15) is 9.59 Å². The number of ether oxygens (including phenoxy) is 1. The quantitative estimate of drug-likeness (QED) is 0.586. The summed E-state index contributed by atoms with van der Waals surface area (Å²) in [5.74, 6) is -0.506. The molecule has 1 aromatic rings. The van der Waals surface area contributed by atoms with Gasteiger partial charge in [-0.2, -0.15) is 0 Å². The number of rotatable bonds is 8. The molecule has 1 aliphatic heterocycles. The van der Waals surface area contributed by atoms with Crippen LogP contribution in [0.1, 0.15) is 46.0 Å². The minimum atomic E-state index is -1.01. The maximum Gasteiger partial charge on any atom is 0.310 e. The summed E-state index contributed by atoms with van der Waals surface area (Å²) in [4.78, 5) is 24.2. The number of Topliss-reactive ketones (excluding diaryl/α,β-unsaturated/α-hetero) is 1. The molecule has 0 unspecified atom stereocenters. The molecule has 0 radical (unpaired) electrons. The number of esters is 1. The average molecular weight is 311 g/mol. The molecular weight excluding hydrogens is 290 g/mol. The zero-order valence-electron chi connectivity index (χ0n) is 12.4. The van der Waals surface area contributed by atoms with E-state index >= 15 is 0 Å². The molecule has 7 heteroatoms. The number of ketones is 1. The molecule has 0 amide bonds. The maximum absolute atomic E-state index is 12.3. The third-order valence-corrected chi connectivity index (χ3v) is 4.45. The molecule has 6 nitrogen and oxygen atoms in total. The van der Waals surface area contributed by atoms with Crippen molar-refractivity contribution in [3.8, 4) is 0 Å². The van der Waals surface area contributed by atoms with E-state index in [1.54, 1.807) is 12.4 Å². The molecule has 2 atom stereocenters. The SMILES string of the molecule is CCCCC[C@@H]1C[C@](C)(C(=O)CNc2nncs2)OC1=O. The van der Waals surface area contributed by atoms with Crippen molar-refractivity contribution in [1.82, 2.24) is 10.2 Å². The van der Waals surface area contributed by atoms with Crippen LogP contribution in [-0.4, -0.2) is 34.1 Å². The Morgan fingerprint density at radius 3 is 3.05 bits per heavy atom. The van der Waals surface area contributed by atoms with Crippen LogP contribution < -0.4 is 5.32 Å². The third-order valence-electron chi connectivity index (χ3n) is 3.80. The average Bonchev–Trinajstić information content (AvgIpc) is 3.06. The van der Waals surface area contributed by atoms with Gasteiger partial charge in [0.25, 0.3) is 0 Å². The number of cyclic esters (lactones) is 1. The van der Waals surface area contributed by atoms with E-state index in [1.807, 2.05) is 0 Å². The number of nitrogens with zero attached hydrogens (tertiary/aromatic N) is 2. The molecule has 1 aromatic heterocycles. The van der Waals surface area contributed by atoms with Gasteiger partial charge >= 0.3 is 5.97 Å². The molecule has 21 heavy (non-hydrogen) atoms. The fourth-order valence-electron chi connectivity index (χ4n) is 2.52. The minimum Gasteiger partial charge on any atom is -0.451 e. The molecule has 0 saturated carbocycles. The van der Waals surface area contributed by atoms with Crippen LogP contribution >= 0.6 is 11.3 Å². The molecule has 0 bridgehead atoms. The van der Waals surface area contributed by atoms with Gasteiger partial charge in [-0.15, -0.1) is 10.2 Å². The van der Waals surface area contributed by atoms with Crippen LogP contribution in [0.2, 0.25) is 0 Å². The van der Waals surface area contributed by atoms with Crippen LogP contribution in [0, 0.1) is 5.92 Å². The molecule has 2 rings (SSSR count). The summed E-state index contributed by atoms with van der Waals surface area (Å²) in [6, 6.07) is 0. The van der Waals surface area contributed by atoms with Crippen molar-refractivity contribution in [3.05, 3.63) is 5.51 Å². The Kier molecular flexibility index (Phi) is 5.27. The van der Waals surface area contributed by atoms with Crippen LogP contribution in [0.25, 0.3) is 0 Å². The molecule has 1 fully saturated rings. The second kappa shape index (κ2) is 6.98. The molecule has 0 spiro atoms. The summed E-state index contributed by atoms with van der Waals surface area (Å²) in [6.45, 7) is 3.93. The van der Waals surface area contributed by atoms with Crippen LogP contribution in [-0.2, 0) is 14.3 Å². The number of nitrogens with one attached hydrogen (secondary N) is 1. The highest BCUT2D eigenvalue weighted by Gasteiger charge is 2.47. The van der Waals surface area contributed by atoms with Crippen molar-refractivity contribution >= 4 is 28.2 Å². The number of aromatic nitrogens is 2. The van der Waals surface area contributed by atoms with E-state index in [0.717, 1.165) is 25.7 Å². The highest BCUT2D eigenvalue weighted by atomic mass is 32.1. The summed E-state index contributed by atoms with van der Waals surface area (Å²) in [5.41, 5.74) is 0.583. The van der Waals surface area contributed by atoms with E-state index in [-0.39, 0.29) is 24.2 Å². The van der Waals surface area contributed by atoms with Gasteiger partial charge in [-0.3, -0.25) is 9.59 Å². The van der Waals surface area contributed by atoms with Crippen LogP contribution in [0.4, 0.5) is 5.13 Å². The fraction of sp³-hybridized carbons (Fsp3) is 0.714.